The third-order valence-electron chi connectivity index (χ3n) is 0.363. The molecule has 0 aliphatic carbocycles. The summed E-state index contributed by atoms with van der Waals surface area (Å²) in [7, 11) is 0. The third kappa shape index (κ3) is 1.80. The van der Waals surface area contributed by atoms with Gasteiger partial charge in [-0.2, -0.15) is 0 Å². The molecule has 0 saturated carbocycles. The number of carbonyl (C=O) groups is 1. The van der Waals surface area contributed by atoms with Gasteiger partial charge in [0.2, 0.25) is 0 Å². The topological polar surface area (TPSA) is 55.8 Å². The van der Waals surface area contributed by atoms with Crippen LogP contribution in [0.2, 0.25) is 0 Å². The maximum Gasteiger partial charge on any atom is 0.367 e. The van der Waals surface area contributed by atoms with Crippen molar-refractivity contribution in [3.8, 4) is 0 Å². The fraction of sp³-hybridized carbons (Fsp3) is 0.500. The van der Waals surface area contributed by atoms with Crippen LogP contribution in [0.3, 0.4) is 0 Å². The zero-order valence-electron chi connectivity index (χ0n) is 3.51. The Morgan fingerprint density at radius 1 is 1.50 bits per heavy atom. The van der Waals surface area contributed by atoms with Gasteiger partial charge in [-0.25, -0.2) is 4.79 Å². The minimum atomic E-state index is -2.46. The lowest BCUT2D eigenvalue weighted by atomic mass is 10.7. The summed E-state index contributed by atoms with van der Waals surface area (Å²) in [5.74, 6) is -1.87. The molecule has 0 saturated heterocycles. The molecule has 0 radical (unpaired) electrons. The average Bonchev–Trinajstić information content (AvgIpc) is 1.69. The van der Waals surface area contributed by atoms with E-state index in [1.165, 1.54) is 0 Å². The predicted molar refractivity (Wildman–Crippen MR) is 15.8 cm³/mol. The molecule has 0 spiro atoms. The van der Waals surface area contributed by atoms with Gasteiger partial charge in [0.05, 0.1) is 0 Å². The molecule has 0 unspecified atom stereocenters. The second-order valence-corrected chi connectivity index (χ2v) is 0.848. The van der Waals surface area contributed by atoms with Gasteiger partial charge in [-0.15, -0.1) is 9.88 Å². The van der Waals surface area contributed by atoms with Crippen molar-refractivity contribution >= 4 is 5.97 Å². The maximum atomic E-state index is 10.7. The Hall–Kier alpha value is -0.750. The molecule has 0 atom stereocenters. The molecule has 6 heteroatoms. The fourth-order valence-electron chi connectivity index (χ4n) is 0.0900. The highest BCUT2D eigenvalue weighted by molar-refractivity contribution is 5.70. The number of rotatable bonds is 3. The predicted octanol–water partition coefficient (Wildman–Crippen LogP) is 0.199. The minimum absolute atomic E-state index is 1.87. The fourth-order valence-corrected chi connectivity index (χ4v) is 0.0900. The van der Waals surface area contributed by atoms with E-state index in [0.29, 0.717) is 0 Å². The SMILES string of the molecule is O=C(O)C(OF)OF. The van der Waals surface area contributed by atoms with E-state index in [9.17, 15) is 13.8 Å². The van der Waals surface area contributed by atoms with Gasteiger partial charge in [0.25, 0.3) is 0 Å². The van der Waals surface area contributed by atoms with Gasteiger partial charge in [-0.1, -0.05) is 0 Å². The third-order valence-corrected chi connectivity index (χ3v) is 0.363. The van der Waals surface area contributed by atoms with Crippen molar-refractivity contribution in [1.29, 1.82) is 0 Å². The Bertz CT molecular complexity index is 80.1. The van der Waals surface area contributed by atoms with Crippen LogP contribution in [0.15, 0.2) is 0 Å². The van der Waals surface area contributed by atoms with Crippen LogP contribution >= 0.6 is 0 Å². The number of halogens is 2. The Kier molecular flexibility index (Phi) is 2.97. The van der Waals surface area contributed by atoms with Crippen molar-refractivity contribution in [2.24, 2.45) is 0 Å². The van der Waals surface area contributed by atoms with Crippen LogP contribution in [0, 0.1) is 0 Å². The molecule has 48 valence electrons. The maximum absolute atomic E-state index is 10.7. The Labute approximate surface area is 42.4 Å². The standard InChI is InChI=1S/C2H2F2O4/c3-7-2(8-4)1(5)6/h2H,(H,5,6). The molecule has 0 rings (SSSR count). The van der Waals surface area contributed by atoms with E-state index >= 15 is 0 Å². The van der Waals surface area contributed by atoms with Crippen LogP contribution in [-0.4, -0.2) is 17.4 Å². The summed E-state index contributed by atoms with van der Waals surface area (Å²) in [5, 5.41) is 7.64. The van der Waals surface area contributed by atoms with Gasteiger partial charge in [-0.3, -0.25) is 0 Å². The van der Waals surface area contributed by atoms with E-state index in [-0.39, 0.29) is 0 Å². The van der Waals surface area contributed by atoms with Crippen LogP contribution < -0.4 is 0 Å². The zero-order valence-corrected chi connectivity index (χ0v) is 3.51. The molecule has 1 N–H and O–H groups in total. The minimum Gasteiger partial charge on any atom is -0.477 e. The number of hydrogen-bond acceptors (Lipinski definition) is 3. The molecular weight excluding hydrogens is 126 g/mol. The summed E-state index contributed by atoms with van der Waals surface area (Å²) in [6.45, 7) is 0. The molecule has 4 nitrogen and oxygen atoms in total. The van der Waals surface area contributed by atoms with Crippen LogP contribution in [0.5, 0.6) is 0 Å². The first kappa shape index (κ1) is 7.25. The smallest absolute Gasteiger partial charge is 0.367 e. The lowest BCUT2D eigenvalue weighted by Crippen LogP contribution is -2.20. The first-order valence-electron chi connectivity index (χ1n) is 1.50. The molecule has 0 aliphatic rings. The molecule has 0 fully saturated rings. The summed E-state index contributed by atoms with van der Waals surface area (Å²) in [6, 6.07) is 0. The van der Waals surface area contributed by atoms with Crippen LogP contribution in [-0.2, 0) is 14.7 Å². The first-order valence-corrected chi connectivity index (χ1v) is 1.50. The molecule has 0 aliphatic heterocycles. The average molecular weight is 128 g/mol. The van der Waals surface area contributed by atoms with Gasteiger partial charge >= 0.3 is 12.3 Å². The second kappa shape index (κ2) is 3.28. The van der Waals surface area contributed by atoms with Gasteiger partial charge in [0.1, 0.15) is 0 Å². The molecule has 0 aromatic heterocycles. The second-order valence-electron chi connectivity index (χ2n) is 0.848. The highest BCUT2D eigenvalue weighted by Gasteiger charge is 2.19. The number of carboxylic acid groups (broad SMARTS) is 1. The van der Waals surface area contributed by atoms with Gasteiger partial charge in [0.15, 0.2) is 0 Å². The molecule has 0 aromatic carbocycles. The summed E-state index contributed by atoms with van der Waals surface area (Å²) >= 11 is 0. The van der Waals surface area contributed by atoms with E-state index in [1.807, 2.05) is 0 Å². The monoisotopic (exact) mass is 128 g/mol. The van der Waals surface area contributed by atoms with Gasteiger partial charge in [-0.05, 0) is 9.05 Å². The number of hydrogen-bond donors (Lipinski definition) is 1. The quantitative estimate of drug-likeness (QED) is 0.551. The van der Waals surface area contributed by atoms with E-state index < -0.39 is 12.3 Å². The first-order chi connectivity index (χ1) is 3.72. The summed E-state index contributed by atoms with van der Waals surface area (Å²) < 4.78 is 21.3. The Morgan fingerprint density at radius 3 is 1.88 bits per heavy atom. The van der Waals surface area contributed by atoms with Crippen molar-refractivity contribution in [2.45, 2.75) is 6.29 Å². The lowest BCUT2D eigenvalue weighted by Gasteiger charge is -1.96. The molecule has 8 heavy (non-hydrogen) atoms. The largest absolute Gasteiger partial charge is 0.477 e. The highest BCUT2D eigenvalue weighted by atomic mass is 19.3. The van der Waals surface area contributed by atoms with E-state index in [4.69, 9.17) is 5.11 Å². The van der Waals surface area contributed by atoms with Crippen molar-refractivity contribution in [3.05, 3.63) is 0 Å². The Morgan fingerprint density at radius 2 is 1.88 bits per heavy atom. The summed E-state index contributed by atoms with van der Waals surface area (Å²) in [5.41, 5.74) is 0. The normalized spacial score (nSPS) is 9.88. The van der Waals surface area contributed by atoms with Gasteiger partial charge < -0.3 is 5.11 Å². The highest BCUT2D eigenvalue weighted by Crippen LogP contribution is 1.94. The van der Waals surface area contributed by atoms with Gasteiger partial charge in [0, 0.05) is 0 Å². The molecule has 0 aromatic rings. The zero-order chi connectivity index (χ0) is 6.57. The molecule has 0 heterocycles. The van der Waals surface area contributed by atoms with Crippen LogP contribution in [0.4, 0.5) is 9.05 Å². The lowest BCUT2D eigenvalue weighted by molar-refractivity contribution is -0.337. The molecular formula is C2H2F2O4. The number of aliphatic carboxylic acids is 1. The van der Waals surface area contributed by atoms with Crippen molar-refractivity contribution < 1.29 is 28.8 Å². The van der Waals surface area contributed by atoms with E-state index in [1.54, 1.807) is 0 Å². The number of carboxylic acids is 1. The van der Waals surface area contributed by atoms with Crippen molar-refractivity contribution in [3.63, 3.8) is 0 Å². The Balaban J connectivity index is 3.52. The molecule has 0 bridgehead atoms. The molecule has 0 amide bonds. The van der Waals surface area contributed by atoms with E-state index in [2.05, 4.69) is 9.88 Å². The van der Waals surface area contributed by atoms with Crippen molar-refractivity contribution in [2.75, 3.05) is 0 Å². The van der Waals surface area contributed by atoms with Crippen molar-refractivity contribution in [1.82, 2.24) is 0 Å². The summed E-state index contributed by atoms with van der Waals surface area (Å²) in [4.78, 5) is 14.4. The van der Waals surface area contributed by atoms with Crippen LogP contribution in [0.25, 0.3) is 0 Å². The van der Waals surface area contributed by atoms with E-state index in [0.717, 1.165) is 0 Å². The van der Waals surface area contributed by atoms with Crippen LogP contribution in [0.1, 0.15) is 0 Å². The summed E-state index contributed by atoms with van der Waals surface area (Å²) in [6.07, 6.45) is -2.46.